The highest BCUT2D eigenvalue weighted by molar-refractivity contribution is 4.88. The lowest BCUT2D eigenvalue weighted by molar-refractivity contribution is -0.815. The summed E-state index contributed by atoms with van der Waals surface area (Å²) >= 11 is 0. The van der Waals surface area contributed by atoms with E-state index in [0.29, 0.717) is 10.0 Å². The third-order valence-electron chi connectivity index (χ3n) is 2.03. The van der Waals surface area contributed by atoms with Crippen LogP contribution in [0.4, 0.5) is 0 Å². The number of hydroxylamine groups is 1. The number of hydrogen-bond acceptors (Lipinski definition) is 2. The van der Waals surface area contributed by atoms with Gasteiger partial charge >= 0.3 is 0 Å². The van der Waals surface area contributed by atoms with Crippen LogP contribution in [0.3, 0.4) is 0 Å². The highest BCUT2D eigenvalue weighted by Crippen LogP contribution is 2.30. The van der Waals surface area contributed by atoms with Gasteiger partial charge in [0.1, 0.15) is 4.87 Å². The number of nitroso groups, excluding NO2 is 1. The van der Waals surface area contributed by atoms with Crippen LogP contribution < -0.4 is 0 Å². The summed E-state index contributed by atoms with van der Waals surface area (Å²) in [5, 5.41) is 11.1. The van der Waals surface area contributed by atoms with Crippen LogP contribution in [0.1, 0.15) is 20.8 Å². The molecule has 1 aliphatic rings. The Kier molecular flexibility index (Phi) is 1.04. The Bertz CT molecular complexity index is 141. The smallest absolute Gasteiger partial charge is 0.257 e. The molecule has 52 valence electrons. The SMILES string of the molecule is C[C@@H]1[N+](=O)N([O-])C1(C)C. The largest absolute Gasteiger partial charge is 0.704 e. The van der Waals surface area contributed by atoms with Gasteiger partial charge in [0, 0.05) is 6.92 Å². The fourth-order valence-corrected chi connectivity index (χ4v) is 0.785. The number of hydrazine groups is 1. The summed E-state index contributed by atoms with van der Waals surface area (Å²) in [5.74, 6) is 0. The maximum atomic E-state index is 10.6. The first-order chi connectivity index (χ1) is 3.98. The van der Waals surface area contributed by atoms with Crippen molar-refractivity contribution in [3.8, 4) is 0 Å². The molecule has 1 atom stereocenters. The maximum Gasteiger partial charge on any atom is 0.257 e. The summed E-state index contributed by atoms with van der Waals surface area (Å²) in [6.45, 7) is 5.24. The summed E-state index contributed by atoms with van der Waals surface area (Å²) in [6.07, 6.45) is 0. The average Bonchev–Trinajstić information content (AvgIpc) is 1.84. The molecule has 1 fully saturated rings. The second kappa shape index (κ2) is 1.44. The van der Waals surface area contributed by atoms with E-state index in [4.69, 9.17) is 0 Å². The average molecular weight is 130 g/mol. The third kappa shape index (κ3) is 0.564. The van der Waals surface area contributed by atoms with Crippen molar-refractivity contribution in [1.82, 2.24) is 5.17 Å². The molecule has 0 aromatic carbocycles. The quantitative estimate of drug-likeness (QED) is 0.452. The van der Waals surface area contributed by atoms with Crippen LogP contribution >= 0.6 is 0 Å². The summed E-state index contributed by atoms with van der Waals surface area (Å²) in [6, 6.07) is -0.185. The van der Waals surface area contributed by atoms with Crippen LogP contribution in [-0.4, -0.2) is 21.6 Å². The van der Waals surface area contributed by atoms with Crippen molar-refractivity contribution in [1.29, 1.82) is 0 Å². The molecule has 4 heteroatoms. The summed E-state index contributed by atoms with van der Waals surface area (Å²) in [4.78, 5) is 11.0. The Labute approximate surface area is 53.6 Å². The molecule has 0 saturated carbocycles. The summed E-state index contributed by atoms with van der Waals surface area (Å²) in [5.41, 5.74) is -0.498. The minimum atomic E-state index is -0.498. The van der Waals surface area contributed by atoms with Gasteiger partial charge in [0.05, 0.1) is 4.91 Å². The van der Waals surface area contributed by atoms with E-state index < -0.39 is 5.54 Å². The molecular formula is C5H10N2O2. The predicted octanol–water partition coefficient (Wildman–Crippen LogP) is 0.661. The van der Waals surface area contributed by atoms with Crippen molar-refractivity contribution < 1.29 is 4.87 Å². The van der Waals surface area contributed by atoms with Gasteiger partial charge in [-0.05, 0) is 13.8 Å². The molecule has 0 aromatic heterocycles. The minimum Gasteiger partial charge on any atom is -0.704 e. The van der Waals surface area contributed by atoms with Crippen molar-refractivity contribution in [3.63, 3.8) is 0 Å². The second-order valence-corrected chi connectivity index (χ2v) is 2.91. The third-order valence-corrected chi connectivity index (χ3v) is 2.03. The first-order valence-electron chi connectivity index (χ1n) is 2.91. The number of hydrogen-bond donors (Lipinski definition) is 0. The molecule has 9 heavy (non-hydrogen) atoms. The van der Waals surface area contributed by atoms with Gasteiger partial charge in [-0.15, -0.1) is 0 Å². The lowest BCUT2D eigenvalue weighted by Crippen LogP contribution is -2.68. The topological polar surface area (TPSA) is 46.4 Å². The van der Waals surface area contributed by atoms with Gasteiger partial charge in [0.15, 0.2) is 5.54 Å². The highest BCUT2D eigenvalue weighted by Gasteiger charge is 2.55. The van der Waals surface area contributed by atoms with Gasteiger partial charge in [-0.1, -0.05) is 0 Å². The molecule has 1 saturated heterocycles. The molecule has 0 amide bonds. The van der Waals surface area contributed by atoms with Crippen molar-refractivity contribution in [2.24, 2.45) is 0 Å². The second-order valence-electron chi connectivity index (χ2n) is 2.91. The molecule has 0 N–H and O–H groups in total. The van der Waals surface area contributed by atoms with Gasteiger partial charge < -0.3 is 5.21 Å². The fraction of sp³-hybridized carbons (Fsp3) is 1.00. The van der Waals surface area contributed by atoms with Crippen molar-refractivity contribution in [2.45, 2.75) is 32.4 Å². The molecule has 1 heterocycles. The molecule has 1 aliphatic heterocycles. The van der Waals surface area contributed by atoms with E-state index in [2.05, 4.69) is 0 Å². The maximum absolute atomic E-state index is 10.6. The molecule has 4 nitrogen and oxygen atoms in total. The molecule has 0 radical (unpaired) electrons. The van der Waals surface area contributed by atoms with Gasteiger partial charge in [-0.3, -0.25) is 0 Å². The van der Waals surface area contributed by atoms with E-state index in [9.17, 15) is 10.1 Å². The first-order valence-corrected chi connectivity index (χ1v) is 2.91. The van der Waals surface area contributed by atoms with Crippen molar-refractivity contribution >= 4 is 0 Å². The van der Waals surface area contributed by atoms with E-state index in [1.807, 2.05) is 0 Å². The lowest BCUT2D eigenvalue weighted by Gasteiger charge is -2.46. The van der Waals surface area contributed by atoms with Gasteiger partial charge in [-0.2, -0.15) is 5.17 Å². The zero-order valence-corrected chi connectivity index (χ0v) is 5.79. The number of rotatable bonds is 0. The Morgan fingerprint density at radius 3 is 2.22 bits per heavy atom. The number of nitrogens with zero attached hydrogens (tertiary/aromatic N) is 2. The molecule has 0 unspecified atom stereocenters. The van der Waals surface area contributed by atoms with Crippen LogP contribution in [0.25, 0.3) is 0 Å². The molecule has 0 aromatic rings. The van der Waals surface area contributed by atoms with Crippen LogP contribution in [0.2, 0.25) is 0 Å². The Balaban J connectivity index is 2.73. The molecule has 0 aliphatic carbocycles. The molecular weight excluding hydrogens is 120 g/mol. The lowest BCUT2D eigenvalue weighted by atomic mass is 9.93. The molecule has 1 rings (SSSR count). The normalized spacial score (nSPS) is 32.2. The molecule has 0 spiro atoms. The Hall–Kier alpha value is -0.640. The van der Waals surface area contributed by atoms with Crippen LogP contribution in [0.15, 0.2) is 0 Å². The Morgan fingerprint density at radius 1 is 1.67 bits per heavy atom. The van der Waals surface area contributed by atoms with E-state index >= 15 is 0 Å². The van der Waals surface area contributed by atoms with E-state index in [0.717, 1.165) is 0 Å². The highest BCUT2D eigenvalue weighted by atomic mass is 16.6. The standard InChI is InChI=1S/C5H10N2O2/c1-4-5(2,3)7(9)6(4)8/h4H,1-3H3/t4-/m0/s1. The minimum absolute atomic E-state index is 0.185. The van der Waals surface area contributed by atoms with Gasteiger partial charge in [-0.25, -0.2) is 0 Å². The summed E-state index contributed by atoms with van der Waals surface area (Å²) < 4.78 is 0. The zero-order valence-electron chi connectivity index (χ0n) is 5.79. The predicted molar refractivity (Wildman–Crippen MR) is 32.4 cm³/mol. The van der Waals surface area contributed by atoms with Crippen LogP contribution in [-0.2, 0) is 0 Å². The van der Waals surface area contributed by atoms with Gasteiger partial charge in [0.25, 0.3) is 6.04 Å². The van der Waals surface area contributed by atoms with E-state index in [-0.39, 0.29) is 6.04 Å². The van der Waals surface area contributed by atoms with Crippen molar-refractivity contribution in [2.75, 3.05) is 0 Å². The van der Waals surface area contributed by atoms with E-state index in [1.54, 1.807) is 20.8 Å². The van der Waals surface area contributed by atoms with Crippen LogP contribution in [0, 0.1) is 10.1 Å². The Morgan fingerprint density at radius 2 is 2.11 bits per heavy atom. The summed E-state index contributed by atoms with van der Waals surface area (Å²) in [7, 11) is 0. The molecule has 0 bridgehead atoms. The monoisotopic (exact) mass is 130 g/mol. The fourth-order valence-electron chi connectivity index (χ4n) is 0.785. The van der Waals surface area contributed by atoms with Gasteiger partial charge in [0.2, 0.25) is 0 Å². The first kappa shape index (κ1) is 6.48. The van der Waals surface area contributed by atoms with E-state index in [1.165, 1.54) is 0 Å². The zero-order chi connectivity index (χ0) is 7.23. The van der Waals surface area contributed by atoms with Crippen molar-refractivity contribution in [3.05, 3.63) is 10.1 Å². The van der Waals surface area contributed by atoms with Crippen LogP contribution in [0.5, 0.6) is 0 Å².